The van der Waals surface area contributed by atoms with Gasteiger partial charge in [0.15, 0.2) is 16.9 Å². The van der Waals surface area contributed by atoms with Gasteiger partial charge in [-0.3, -0.25) is 19.1 Å². The lowest BCUT2D eigenvalue weighted by Crippen LogP contribution is -2.76. The Morgan fingerprint density at radius 3 is 2.49 bits per heavy atom. The Bertz CT molecular complexity index is 1870. The average molecular weight is 751 g/mol. The molecule has 1 unspecified atom stereocenters. The Hall–Kier alpha value is -4.37. The second-order valence-electron chi connectivity index (χ2n) is 13.9. The maximum absolute atomic E-state index is 13.5. The second kappa shape index (κ2) is 14.0. The van der Waals surface area contributed by atoms with Crippen LogP contribution in [0.5, 0.6) is 5.75 Å². The number of fused-ring (bicyclic) bond motifs is 1. The molecule has 1 aromatic carbocycles. The zero-order valence-corrected chi connectivity index (χ0v) is 30.1. The fraction of sp³-hybridized carbons (Fsp3) is 0.548. The van der Waals surface area contributed by atoms with Crippen LogP contribution in [0.1, 0.15) is 76.6 Å². The molecule has 0 bridgehead atoms. The second-order valence-corrected chi connectivity index (χ2v) is 15.7. The summed E-state index contributed by atoms with van der Waals surface area (Å²) < 4.78 is 41.8. The molecule has 20 heteroatoms. The van der Waals surface area contributed by atoms with Gasteiger partial charge >= 0.3 is 16.4 Å². The summed E-state index contributed by atoms with van der Waals surface area (Å²) in [5.41, 5.74) is 15.1. The van der Waals surface area contributed by atoms with Gasteiger partial charge in [-0.1, -0.05) is 5.16 Å². The predicted molar refractivity (Wildman–Crippen MR) is 185 cm³/mol. The highest BCUT2D eigenvalue weighted by Gasteiger charge is 2.58. The number of nitrogens with one attached hydrogen (secondary N) is 1. The summed E-state index contributed by atoms with van der Waals surface area (Å²) in [4.78, 5) is 53.3. The molecule has 9 N–H and O–H groups in total. The molecule has 0 radical (unpaired) electrons. The van der Waals surface area contributed by atoms with E-state index in [0.717, 1.165) is 48.1 Å². The van der Waals surface area contributed by atoms with Crippen LogP contribution in [0.2, 0.25) is 0 Å². The predicted octanol–water partition coefficient (Wildman–Crippen LogP) is 1.14. The molecule has 18 nitrogen and oxygen atoms in total. The number of carbonyl (C=O) groups excluding carboxylic acids is 2. The number of aryl methyl sites for hydroxylation is 1. The number of nitrogen functional groups attached to an aromatic ring is 1. The van der Waals surface area contributed by atoms with Crippen molar-refractivity contribution in [3.63, 3.8) is 0 Å². The smallest absolute Gasteiger partial charge is 0.418 e. The highest BCUT2D eigenvalue weighted by molar-refractivity contribution is 7.80. The number of oxime groups is 1. The standard InChI is InChI=1S/C31H42N8O10S2/c1-29(2)23(26(41)39(29)49-51(44,45)46)36-25(40)22(19-15-50-28(34)35-19)38-48-31(4,27(42)43)21-8-6-17-13-18(5-7-20(17)47-21)24(33)37-30(3)11-9-16(14-32)10-12-30/h5,7,13,15-16,21,23H,6,8-12,14,32H2,1-4H3,(H2,33,37)(H2,34,35)(H,36,40)(H,42,43)(H,44,45,46)/b38-22-/t16?,21-,23?,30?,31+/m1/s1. The number of hydrogen-bond donors (Lipinski definition) is 6. The molecule has 1 saturated carbocycles. The fourth-order valence-electron chi connectivity index (χ4n) is 6.33. The highest BCUT2D eigenvalue weighted by Crippen LogP contribution is 2.37. The minimum atomic E-state index is -5.03. The van der Waals surface area contributed by atoms with Gasteiger partial charge in [0.1, 0.15) is 23.3 Å². The third-order valence-electron chi connectivity index (χ3n) is 9.67. The van der Waals surface area contributed by atoms with E-state index in [0.29, 0.717) is 35.5 Å². The molecule has 2 aliphatic heterocycles. The number of benzene rings is 1. The van der Waals surface area contributed by atoms with Gasteiger partial charge < -0.3 is 37.2 Å². The third-order valence-corrected chi connectivity index (χ3v) is 10.7. The number of aliphatic imine (C=N–C) groups is 1. The van der Waals surface area contributed by atoms with E-state index in [4.69, 9.17) is 36.3 Å². The number of nitrogens with two attached hydrogens (primary N) is 3. The van der Waals surface area contributed by atoms with Crippen molar-refractivity contribution < 1.29 is 46.3 Å². The number of β-lactam (4-membered cyclic amide) rings is 1. The van der Waals surface area contributed by atoms with Gasteiger partial charge in [0, 0.05) is 10.9 Å². The number of carboxylic acid groups (broad SMARTS) is 1. The molecule has 3 atom stereocenters. The Balaban J connectivity index is 1.34. The van der Waals surface area contributed by atoms with E-state index in [1.54, 1.807) is 12.1 Å². The number of thiazole rings is 1. The SMILES string of the molecule is CC1(N=C(N)c2ccc3c(c2)CC[C@H]([C@](C)(O/N=C(\C(=O)NC2C(=O)N(OS(=O)(=O)O)C2(C)C)c2csc(N)n2)C(=O)O)O3)CCC(CN)CC1. The molecule has 2 amide bonds. The minimum Gasteiger partial charge on any atom is -0.485 e. The number of aromatic nitrogens is 1. The van der Waals surface area contributed by atoms with Gasteiger partial charge in [-0.05, 0) is 102 Å². The topological polar surface area (TPSA) is 284 Å². The van der Waals surface area contributed by atoms with Gasteiger partial charge in [0.05, 0.1) is 11.1 Å². The van der Waals surface area contributed by atoms with Crippen LogP contribution >= 0.6 is 11.3 Å². The number of hydrogen-bond acceptors (Lipinski definition) is 14. The van der Waals surface area contributed by atoms with Crippen molar-refractivity contribution in [2.75, 3.05) is 12.3 Å². The third kappa shape index (κ3) is 7.93. The van der Waals surface area contributed by atoms with Gasteiger partial charge in [0.25, 0.3) is 17.4 Å². The number of anilines is 1. The van der Waals surface area contributed by atoms with E-state index in [9.17, 15) is 27.9 Å². The summed E-state index contributed by atoms with van der Waals surface area (Å²) in [6, 6.07) is 3.99. The van der Waals surface area contributed by atoms with Gasteiger partial charge in [-0.2, -0.15) is 13.5 Å². The number of amidine groups is 1. The summed E-state index contributed by atoms with van der Waals surface area (Å²) in [5, 5.41) is 18.5. The Morgan fingerprint density at radius 2 is 1.92 bits per heavy atom. The van der Waals surface area contributed by atoms with Crippen LogP contribution in [0.15, 0.2) is 33.7 Å². The van der Waals surface area contributed by atoms with Crippen molar-refractivity contribution in [1.82, 2.24) is 15.4 Å². The van der Waals surface area contributed by atoms with Crippen molar-refractivity contribution in [1.29, 1.82) is 0 Å². The molecule has 1 aliphatic carbocycles. The monoisotopic (exact) mass is 750 g/mol. The maximum Gasteiger partial charge on any atom is 0.418 e. The summed E-state index contributed by atoms with van der Waals surface area (Å²) in [6.07, 6.45) is 3.31. The maximum atomic E-state index is 13.5. The molecule has 5 rings (SSSR count). The molecule has 3 heterocycles. The lowest BCUT2D eigenvalue weighted by atomic mass is 9.78. The van der Waals surface area contributed by atoms with Crippen LogP contribution in [0.3, 0.4) is 0 Å². The molecule has 1 saturated heterocycles. The average Bonchev–Trinajstić information content (AvgIpc) is 3.50. The van der Waals surface area contributed by atoms with Crippen LogP contribution in [-0.4, -0.2) is 92.8 Å². The number of amides is 2. The number of rotatable bonds is 12. The Kier molecular flexibility index (Phi) is 10.4. The largest absolute Gasteiger partial charge is 0.485 e. The zero-order chi connectivity index (χ0) is 37.5. The number of aliphatic carboxylic acids is 1. The molecule has 51 heavy (non-hydrogen) atoms. The molecule has 278 valence electrons. The summed E-state index contributed by atoms with van der Waals surface area (Å²) in [6.45, 7) is 6.75. The molecule has 2 aromatic rings. The molecule has 0 spiro atoms. The Labute approximate surface area is 298 Å². The summed E-state index contributed by atoms with van der Waals surface area (Å²) in [5.74, 6) is -2.12. The van der Waals surface area contributed by atoms with Crippen molar-refractivity contribution in [2.45, 2.75) is 95.0 Å². The van der Waals surface area contributed by atoms with E-state index in [2.05, 4.69) is 26.7 Å². The zero-order valence-electron chi connectivity index (χ0n) is 28.5. The van der Waals surface area contributed by atoms with Crippen LogP contribution in [0.25, 0.3) is 0 Å². The van der Waals surface area contributed by atoms with Crippen molar-refractivity contribution in [2.24, 2.45) is 27.5 Å². The van der Waals surface area contributed by atoms with Crippen molar-refractivity contribution in [3.8, 4) is 5.75 Å². The number of hydroxylamine groups is 2. The van der Waals surface area contributed by atoms with Crippen LogP contribution in [0.4, 0.5) is 5.13 Å². The highest BCUT2D eigenvalue weighted by atomic mass is 32.3. The quantitative estimate of drug-likeness (QED) is 0.0583. The summed E-state index contributed by atoms with van der Waals surface area (Å²) in [7, 11) is -5.03. The van der Waals surface area contributed by atoms with Crippen molar-refractivity contribution >= 4 is 56.2 Å². The number of nitrogens with zero attached hydrogens (tertiary/aromatic N) is 4. The number of carbonyl (C=O) groups is 3. The first-order chi connectivity index (χ1) is 23.8. The van der Waals surface area contributed by atoms with Crippen LogP contribution < -0.4 is 27.3 Å². The van der Waals surface area contributed by atoms with Gasteiger partial charge in [0.2, 0.25) is 0 Å². The first-order valence-corrected chi connectivity index (χ1v) is 18.4. The van der Waals surface area contributed by atoms with E-state index >= 15 is 0 Å². The molecular weight excluding hydrogens is 709 g/mol. The Morgan fingerprint density at radius 1 is 1.24 bits per heavy atom. The first kappa shape index (κ1) is 37.9. The lowest BCUT2D eigenvalue weighted by molar-refractivity contribution is -0.218. The van der Waals surface area contributed by atoms with E-state index < -0.39 is 57.2 Å². The minimum absolute atomic E-state index is 0.0598. The van der Waals surface area contributed by atoms with Crippen LogP contribution in [0, 0.1) is 5.92 Å². The number of ether oxygens (including phenoxy) is 1. The molecular formula is C31H42N8O10S2. The van der Waals surface area contributed by atoms with Gasteiger partial charge in [-0.25, -0.2) is 9.78 Å². The fourth-order valence-corrected chi connectivity index (χ4v) is 7.34. The van der Waals surface area contributed by atoms with Crippen molar-refractivity contribution in [3.05, 3.63) is 40.4 Å². The van der Waals surface area contributed by atoms with E-state index in [1.165, 1.54) is 26.2 Å². The number of carboxylic acids is 1. The van der Waals surface area contributed by atoms with Gasteiger partial charge in [-0.15, -0.1) is 15.6 Å². The first-order valence-electron chi connectivity index (χ1n) is 16.1. The van der Waals surface area contributed by atoms with Crippen LogP contribution in [-0.2, 0) is 40.3 Å². The van der Waals surface area contributed by atoms with E-state index in [1.807, 2.05) is 6.07 Å². The summed E-state index contributed by atoms with van der Waals surface area (Å²) >= 11 is 0.967. The lowest BCUT2D eigenvalue weighted by Gasteiger charge is -2.50. The normalized spacial score (nSPS) is 26.3. The molecule has 3 aliphatic rings. The molecule has 2 fully saturated rings. The molecule has 1 aromatic heterocycles. The van der Waals surface area contributed by atoms with E-state index in [-0.39, 0.29) is 22.8 Å².